The third kappa shape index (κ3) is 2.88. The van der Waals surface area contributed by atoms with Gasteiger partial charge in [0, 0.05) is 12.6 Å². The summed E-state index contributed by atoms with van der Waals surface area (Å²) >= 11 is 0. The van der Waals surface area contributed by atoms with Crippen molar-refractivity contribution in [3.63, 3.8) is 0 Å². The summed E-state index contributed by atoms with van der Waals surface area (Å²) in [5.74, 6) is 1.30. The number of carbonyl (C=O) groups is 1. The van der Waals surface area contributed by atoms with E-state index in [9.17, 15) is 9.90 Å². The molecule has 0 amide bonds. The summed E-state index contributed by atoms with van der Waals surface area (Å²) < 4.78 is 0. The highest BCUT2D eigenvalue weighted by Gasteiger charge is 2.48. The van der Waals surface area contributed by atoms with Crippen molar-refractivity contribution in [1.29, 1.82) is 0 Å². The summed E-state index contributed by atoms with van der Waals surface area (Å²) in [6, 6.07) is 0.630. The van der Waals surface area contributed by atoms with Crippen LogP contribution >= 0.6 is 0 Å². The summed E-state index contributed by atoms with van der Waals surface area (Å²) in [6.45, 7) is 10.5. The second-order valence-electron chi connectivity index (χ2n) is 7.65. The van der Waals surface area contributed by atoms with E-state index in [1.807, 2.05) is 0 Å². The molecule has 0 aromatic heterocycles. The Balaban J connectivity index is 1.95. The number of hydrogen-bond acceptors (Lipinski definition) is 2. The van der Waals surface area contributed by atoms with Crippen LogP contribution in [0.15, 0.2) is 0 Å². The van der Waals surface area contributed by atoms with Crippen molar-refractivity contribution in [3.05, 3.63) is 0 Å². The number of carboxylic acids is 1. The number of carboxylic acid groups (broad SMARTS) is 1. The molecule has 1 saturated heterocycles. The Morgan fingerprint density at radius 1 is 1.15 bits per heavy atom. The van der Waals surface area contributed by atoms with Crippen LogP contribution in [-0.2, 0) is 4.79 Å². The first-order valence-electron chi connectivity index (χ1n) is 8.34. The van der Waals surface area contributed by atoms with E-state index in [-0.39, 0.29) is 5.92 Å². The van der Waals surface area contributed by atoms with Crippen molar-refractivity contribution in [2.45, 2.75) is 65.8 Å². The SMILES string of the molecule is CC(C)C1CCC(N2CCC(C(=O)O)(C(C)C)C2)CC1. The zero-order chi connectivity index (χ0) is 14.9. The van der Waals surface area contributed by atoms with Crippen LogP contribution < -0.4 is 0 Å². The van der Waals surface area contributed by atoms with Crippen molar-refractivity contribution >= 4 is 5.97 Å². The van der Waals surface area contributed by atoms with E-state index in [2.05, 4.69) is 32.6 Å². The standard InChI is InChI=1S/C17H31NO2/c1-12(2)14-5-7-15(8-6-14)18-10-9-17(11-18,13(3)4)16(19)20/h12-15H,5-11H2,1-4H3,(H,19,20). The van der Waals surface area contributed by atoms with Gasteiger partial charge in [0.1, 0.15) is 0 Å². The lowest BCUT2D eigenvalue weighted by Crippen LogP contribution is -2.43. The molecule has 1 atom stereocenters. The van der Waals surface area contributed by atoms with Crippen molar-refractivity contribution in [2.24, 2.45) is 23.2 Å². The fraction of sp³-hybridized carbons (Fsp3) is 0.941. The maximum Gasteiger partial charge on any atom is 0.311 e. The van der Waals surface area contributed by atoms with Gasteiger partial charge >= 0.3 is 5.97 Å². The Bertz CT molecular complexity index is 345. The number of likely N-dealkylation sites (tertiary alicyclic amines) is 1. The highest BCUT2D eigenvalue weighted by Crippen LogP contribution is 2.41. The van der Waals surface area contributed by atoms with Gasteiger partial charge < -0.3 is 5.11 Å². The molecule has 3 nitrogen and oxygen atoms in total. The summed E-state index contributed by atoms with van der Waals surface area (Å²) in [5.41, 5.74) is -0.505. The molecule has 116 valence electrons. The molecule has 0 spiro atoms. The predicted molar refractivity (Wildman–Crippen MR) is 81.7 cm³/mol. The van der Waals surface area contributed by atoms with Gasteiger partial charge in [-0.15, -0.1) is 0 Å². The topological polar surface area (TPSA) is 40.5 Å². The van der Waals surface area contributed by atoms with Crippen LogP contribution in [-0.4, -0.2) is 35.1 Å². The van der Waals surface area contributed by atoms with Gasteiger partial charge in [-0.1, -0.05) is 27.7 Å². The number of hydrogen-bond donors (Lipinski definition) is 1. The summed E-state index contributed by atoms with van der Waals surface area (Å²) in [5, 5.41) is 9.64. The molecule has 1 unspecified atom stereocenters. The molecule has 2 aliphatic rings. The van der Waals surface area contributed by atoms with Crippen molar-refractivity contribution in [2.75, 3.05) is 13.1 Å². The van der Waals surface area contributed by atoms with Gasteiger partial charge in [-0.3, -0.25) is 9.69 Å². The lowest BCUT2D eigenvalue weighted by molar-refractivity contribution is -0.151. The fourth-order valence-electron chi connectivity index (χ4n) is 4.20. The Hall–Kier alpha value is -0.570. The van der Waals surface area contributed by atoms with Crippen LogP contribution in [0.25, 0.3) is 0 Å². The van der Waals surface area contributed by atoms with Crippen molar-refractivity contribution in [1.82, 2.24) is 4.90 Å². The maximum absolute atomic E-state index is 11.7. The third-order valence-electron chi connectivity index (χ3n) is 6.06. The highest BCUT2D eigenvalue weighted by molar-refractivity contribution is 5.75. The molecule has 2 fully saturated rings. The Morgan fingerprint density at radius 3 is 2.15 bits per heavy atom. The third-order valence-corrected chi connectivity index (χ3v) is 6.06. The summed E-state index contributed by atoms with van der Waals surface area (Å²) in [4.78, 5) is 14.2. The monoisotopic (exact) mass is 281 g/mol. The minimum absolute atomic E-state index is 0.219. The van der Waals surface area contributed by atoms with Crippen molar-refractivity contribution in [3.8, 4) is 0 Å². The molecular weight excluding hydrogens is 250 g/mol. The van der Waals surface area contributed by atoms with Crippen LogP contribution in [0.1, 0.15) is 59.8 Å². The summed E-state index contributed by atoms with van der Waals surface area (Å²) in [6.07, 6.45) is 5.98. The largest absolute Gasteiger partial charge is 0.481 e. The second-order valence-corrected chi connectivity index (χ2v) is 7.65. The minimum Gasteiger partial charge on any atom is -0.481 e. The van der Waals surface area contributed by atoms with Crippen LogP contribution in [0.5, 0.6) is 0 Å². The van der Waals surface area contributed by atoms with Crippen LogP contribution in [0.2, 0.25) is 0 Å². The zero-order valence-corrected chi connectivity index (χ0v) is 13.6. The van der Waals surface area contributed by atoms with Gasteiger partial charge in [-0.25, -0.2) is 0 Å². The molecule has 0 bridgehead atoms. The smallest absolute Gasteiger partial charge is 0.311 e. The predicted octanol–water partition coefficient (Wildman–Crippen LogP) is 3.63. The van der Waals surface area contributed by atoms with Gasteiger partial charge in [-0.05, 0) is 56.4 Å². The van der Waals surface area contributed by atoms with Gasteiger partial charge in [0.25, 0.3) is 0 Å². The lowest BCUT2D eigenvalue weighted by Gasteiger charge is -2.37. The summed E-state index contributed by atoms with van der Waals surface area (Å²) in [7, 11) is 0. The average molecular weight is 281 g/mol. The Labute approximate surface area is 123 Å². The van der Waals surface area contributed by atoms with Crippen molar-refractivity contribution < 1.29 is 9.90 Å². The highest BCUT2D eigenvalue weighted by atomic mass is 16.4. The molecular formula is C17H31NO2. The normalized spacial score (nSPS) is 35.9. The van der Waals surface area contributed by atoms with Gasteiger partial charge in [0.2, 0.25) is 0 Å². The van der Waals surface area contributed by atoms with Crippen LogP contribution in [0.4, 0.5) is 0 Å². The van der Waals surface area contributed by atoms with Crippen LogP contribution in [0.3, 0.4) is 0 Å². The number of nitrogens with zero attached hydrogens (tertiary/aromatic N) is 1. The quantitative estimate of drug-likeness (QED) is 0.855. The van der Waals surface area contributed by atoms with E-state index >= 15 is 0 Å². The van der Waals surface area contributed by atoms with E-state index in [4.69, 9.17) is 0 Å². The van der Waals surface area contributed by atoms with E-state index in [0.717, 1.165) is 31.3 Å². The van der Waals surface area contributed by atoms with Gasteiger partial charge in [0.05, 0.1) is 5.41 Å². The lowest BCUT2D eigenvalue weighted by atomic mass is 9.76. The fourth-order valence-corrected chi connectivity index (χ4v) is 4.20. The molecule has 1 heterocycles. The number of aliphatic carboxylic acids is 1. The van der Waals surface area contributed by atoms with E-state index in [0.29, 0.717) is 6.04 Å². The molecule has 3 heteroatoms. The second kappa shape index (κ2) is 6.05. The first kappa shape index (κ1) is 15.8. The van der Waals surface area contributed by atoms with E-state index < -0.39 is 11.4 Å². The molecule has 1 saturated carbocycles. The van der Waals surface area contributed by atoms with Gasteiger partial charge in [-0.2, -0.15) is 0 Å². The van der Waals surface area contributed by atoms with E-state index in [1.54, 1.807) is 0 Å². The first-order valence-corrected chi connectivity index (χ1v) is 8.34. The van der Waals surface area contributed by atoms with Crippen LogP contribution in [0, 0.1) is 23.2 Å². The molecule has 1 aliphatic heterocycles. The average Bonchev–Trinajstić information content (AvgIpc) is 2.85. The zero-order valence-electron chi connectivity index (χ0n) is 13.6. The maximum atomic E-state index is 11.7. The first-order chi connectivity index (χ1) is 9.36. The molecule has 0 aromatic rings. The minimum atomic E-state index is -0.592. The molecule has 2 rings (SSSR count). The molecule has 20 heavy (non-hydrogen) atoms. The molecule has 1 aliphatic carbocycles. The Morgan fingerprint density at radius 2 is 1.75 bits per heavy atom. The molecule has 0 radical (unpaired) electrons. The molecule has 0 aromatic carbocycles. The number of rotatable bonds is 4. The Kier molecular flexibility index (Phi) is 4.78. The van der Waals surface area contributed by atoms with E-state index in [1.165, 1.54) is 25.7 Å². The molecule has 1 N–H and O–H groups in total. The van der Waals surface area contributed by atoms with Gasteiger partial charge in [0.15, 0.2) is 0 Å².